The number of hydrogen-bond donors (Lipinski definition) is 1. The van der Waals surface area contributed by atoms with Crippen LogP contribution >= 0.6 is 0 Å². The molecule has 2 aromatic rings. The zero-order chi connectivity index (χ0) is 25.4. The fourth-order valence-corrected chi connectivity index (χ4v) is 5.71. The van der Waals surface area contributed by atoms with Crippen LogP contribution in [-0.4, -0.2) is 77.3 Å². The predicted octanol–water partition coefficient (Wildman–Crippen LogP) is 3.98. The molecule has 3 aliphatic heterocycles. The van der Waals surface area contributed by atoms with Crippen molar-refractivity contribution in [3.8, 4) is 0 Å². The Bertz CT molecular complexity index is 1140. The van der Waals surface area contributed by atoms with Crippen LogP contribution in [0.4, 0.5) is 15.3 Å². The lowest BCUT2D eigenvalue weighted by Crippen LogP contribution is -2.49. The summed E-state index contributed by atoms with van der Waals surface area (Å²) in [5.74, 6) is 0.373. The minimum Gasteiger partial charge on any atom is -0.444 e. The number of ether oxygens (including phenoxy) is 1. The Hall–Kier alpha value is -3.07. The number of hydrogen-bond acceptors (Lipinski definition) is 5. The van der Waals surface area contributed by atoms with Gasteiger partial charge in [-0.1, -0.05) is 6.07 Å². The van der Waals surface area contributed by atoms with Crippen molar-refractivity contribution in [1.82, 2.24) is 19.7 Å². The van der Waals surface area contributed by atoms with E-state index in [9.17, 15) is 14.4 Å². The van der Waals surface area contributed by atoms with Crippen molar-refractivity contribution in [2.45, 2.75) is 58.1 Å². The Labute approximate surface area is 212 Å². The first kappa shape index (κ1) is 24.6. The fourth-order valence-electron chi connectivity index (χ4n) is 5.71. The number of imide groups is 1. The van der Waals surface area contributed by atoms with E-state index in [1.165, 1.54) is 0 Å². The number of carbonyl (C=O) groups is 3. The number of benzene rings is 1. The molecule has 4 heterocycles. The highest BCUT2D eigenvalue weighted by Crippen LogP contribution is 2.33. The molecule has 0 aliphatic carbocycles. The van der Waals surface area contributed by atoms with E-state index in [4.69, 9.17) is 4.74 Å². The third-order valence-electron chi connectivity index (χ3n) is 7.51. The second kappa shape index (κ2) is 9.76. The Morgan fingerprint density at radius 1 is 1.06 bits per heavy atom. The van der Waals surface area contributed by atoms with Crippen molar-refractivity contribution in [1.29, 1.82) is 0 Å². The second-order valence-corrected chi connectivity index (χ2v) is 11.3. The highest BCUT2D eigenvalue weighted by atomic mass is 16.6. The minimum absolute atomic E-state index is 0.199. The molecule has 36 heavy (non-hydrogen) atoms. The molecule has 3 saturated heterocycles. The lowest BCUT2D eigenvalue weighted by Gasteiger charge is -2.34. The lowest BCUT2D eigenvalue weighted by atomic mass is 9.96. The van der Waals surface area contributed by atoms with Gasteiger partial charge in [-0.2, -0.15) is 0 Å². The molecule has 1 aromatic carbocycles. The lowest BCUT2D eigenvalue weighted by molar-refractivity contribution is -0.120. The maximum absolute atomic E-state index is 12.4. The van der Waals surface area contributed by atoms with E-state index in [-0.39, 0.29) is 18.0 Å². The first-order valence-electron chi connectivity index (χ1n) is 13.1. The average Bonchev–Trinajstić information content (AvgIpc) is 3.45. The normalized spacial score (nSPS) is 22.4. The van der Waals surface area contributed by atoms with Gasteiger partial charge in [0.05, 0.1) is 11.2 Å². The van der Waals surface area contributed by atoms with Gasteiger partial charge < -0.3 is 19.1 Å². The van der Waals surface area contributed by atoms with Gasteiger partial charge in [-0.15, -0.1) is 0 Å². The zero-order valence-electron chi connectivity index (χ0n) is 21.5. The van der Waals surface area contributed by atoms with Gasteiger partial charge in [0.1, 0.15) is 5.60 Å². The number of fused-ring (bicyclic) bond motifs is 1. The third kappa shape index (κ3) is 5.21. The Balaban J connectivity index is 1.19. The van der Waals surface area contributed by atoms with E-state index in [1.807, 2.05) is 37.8 Å². The van der Waals surface area contributed by atoms with Crippen LogP contribution in [-0.2, 0) is 9.53 Å². The standard InChI is InChI=1S/C27H37N5O4/c1-27(2,3)36-26(35)30-13-7-19(8-14-30)17-29-12-9-20(18-29)31-15-10-21-22(31)5-4-6-23(21)32-16-11-24(33)28-25(32)34/h4-6,10,15,19-20H,7-9,11-14,16-18H2,1-3H3,(H,28,33,34)/t20-/m1/s1. The number of urea groups is 1. The van der Waals surface area contributed by atoms with E-state index >= 15 is 0 Å². The second-order valence-electron chi connectivity index (χ2n) is 11.3. The average molecular weight is 496 g/mol. The van der Waals surface area contributed by atoms with Gasteiger partial charge in [0.25, 0.3) is 0 Å². The molecule has 0 saturated carbocycles. The topological polar surface area (TPSA) is 87.1 Å². The number of anilines is 1. The smallest absolute Gasteiger partial charge is 0.410 e. The van der Waals surface area contributed by atoms with Gasteiger partial charge >= 0.3 is 12.1 Å². The molecule has 0 unspecified atom stereocenters. The summed E-state index contributed by atoms with van der Waals surface area (Å²) in [4.78, 5) is 42.4. The van der Waals surface area contributed by atoms with Gasteiger partial charge in [-0.25, -0.2) is 9.59 Å². The minimum atomic E-state index is -0.457. The number of carbonyl (C=O) groups excluding carboxylic acids is 3. The summed E-state index contributed by atoms with van der Waals surface area (Å²) < 4.78 is 7.87. The fraction of sp³-hybridized carbons (Fsp3) is 0.593. The van der Waals surface area contributed by atoms with Crippen LogP contribution in [0.5, 0.6) is 0 Å². The van der Waals surface area contributed by atoms with E-state index in [0.717, 1.165) is 68.6 Å². The first-order chi connectivity index (χ1) is 17.2. The molecule has 1 N–H and O–H groups in total. The first-order valence-corrected chi connectivity index (χ1v) is 13.1. The van der Waals surface area contributed by atoms with Crippen LogP contribution in [0, 0.1) is 5.92 Å². The summed E-state index contributed by atoms with van der Waals surface area (Å²) in [6, 6.07) is 8.17. The molecule has 9 heteroatoms. The molecule has 4 amide bonds. The summed E-state index contributed by atoms with van der Waals surface area (Å²) in [6.45, 7) is 10.8. The number of piperidine rings is 1. The number of nitrogens with one attached hydrogen (secondary N) is 1. The van der Waals surface area contributed by atoms with Gasteiger partial charge in [0.15, 0.2) is 0 Å². The molecule has 5 rings (SSSR count). The zero-order valence-corrected chi connectivity index (χ0v) is 21.5. The van der Waals surface area contributed by atoms with E-state index < -0.39 is 5.60 Å². The SMILES string of the molecule is CC(C)(C)OC(=O)N1CCC(CN2CC[C@@H](n3ccc4c(N5CCC(=O)NC5=O)cccc43)C2)CC1. The van der Waals surface area contributed by atoms with Crippen LogP contribution in [0.2, 0.25) is 0 Å². The largest absolute Gasteiger partial charge is 0.444 e. The van der Waals surface area contributed by atoms with E-state index in [1.54, 1.807) is 4.90 Å². The van der Waals surface area contributed by atoms with Crippen molar-refractivity contribution in [3.63, 3.8) is 0 Å². The monoisotopic (exact) mass is 495 g/mol. The molecule has 3 aliphatic rings. The maximum Gasteiger partial charge on any atom is 0.410 e. The summed E-state index contributed by atoms with van der Waals surface area (Å²) >= 11 is 0. The van der Waals surface area contributed by atoms with Gasteiger partial charge in [-0.05, 0) is 64.2 Å². The van der Waals surface area contributed by atoms with Crippen molar-refractivity contribution < 1.29 is 19.1 Å². The van der Waals surface area contributed by atoms with E-state index in [2.05, 4.69) is 33.1 Å². The predicted molar refractivity (Wildman–Crippen MR) is 138 cm³/mol. The highest BCUT2D eigenvalue weighted by Gasteiger charge is 2.31. The number of aromatic nitrogens is 1. The third-order valence-corrected chi connectivity index (χ3v) is 7.51. The summed E-state index contributed by atoms with van der Waals surface area (Å²) in [5, 5.41) is 3.46. The maximum atomic E-state index is 12.4. The Kier molecular flexibility index (Phi) is 6.68. The van der Waals surface area contributed by atoms with Crippen LogP contribution in [0.3, 0.4) is 0 Å². The number of rotatable bonds is 4. The summed E-state index contributed by atoms with van der Waals surface area (Å²) in [6.07, 6.45) is 5.36. The summed E-state index contributed by atoms with van der Waals surface area (Å²) in [7, 11) is 0. The number of nitrogens with zero attached hydrogens (tertiary/aromatic N) is 4. The molecule has 9 nitrogen and oxygen atoms in total. The quantitative estimate of drug-likeness (QED) is 0.693. The molecule has 0 radical (unpaired) electrons. The molecule has 1 aromatic heterocycles. The molecule has 0 bridgehead atoms. The van der Waals surface area contributed by atoms with Gasteiger partial charge in [-0.3, -0.25) is 15.0 Å². The molecule has 194 valence electrons. The molecule has 0 spiro atoms. The van der Waals surface area contributed by atoms with Gasteiger partial charge in [0, 0.05) is 63.3 Å². The van der Waals surface area contributed by atoms with Crippen LogP contribution < -0.4 is 10.2 Å². The highest BCUT2D eigenvalue weighted by molar-refractivity contribution is 6.09. The molecular weight excluding hydrogens is 458 g/mol. The van der Waals surface area contributed by atoms with Crippen molar-refractivity contribution in [2.24, 2.45) is 5.92 Å². The Morgan fingerprint density at radius 2 is 1.83 bits per heavy atom. The van der Waals surface area contributed by atoms with Crippen molar-refractivity contribution >= 4 is 34.6 Å². The van der Waals surface area contributed by atoms with Crippen LogP contribution in [0.1, 0.15) is 52.5 Å². The van der Waals surface area contributed by atoms with Crippen LogP contribution in [0.25, 0.3) is 10.9 Å². The van der Waals surface area contributed by atoms with Crippen LogP contribution in [0.15, 0.2) is 30.5 Å². The number of amides is 4. The molecule has 3 fully saturated rings. The number of likely N-dealkylation sites (tertiary alicyclic amines) is 2. The Morgan fingerprint density at radius 3 is 2.56 bits per heavy atom. The van der Waals surface area contributed by atoms with Crippen molar-refractivity contribution in [3.05, 3.63) is 30.5 Å². The summed E-state index contributed by atoms with van der Waals surface area (Å²) in [5.41, 5.74) is 1.51. The molecule has 1 atom stereocenters. The molecular formula is C27H37N5O4. The van der Waals surface area contributed by atoms with E-state index in [0.29, 0.717) is 24.9 Å². The van der Waals surface area contributed by atoms with Crippen molar-refractivity contribution in [2.75, 3.05) is 44.2 Å². The van der Waals surface area contributed by atoms with Gasteiger partial charge in [0.2, 0.25) is 5.91 Å².